The molecule has 4 heteroatoms. The van der Waals surface area contributed by atoms with Crippen LogP contribution in [0.5, 0.6) is 0 Å². The Hall–Kier alpha value is -1.71. The molecule has 1 rings (SSSR count). The van der Waals surface area contributed by atoms with Gasteiger partial charge in [-0.2, -0.15) is 0 Å². The van der Waals surface area contributed by atoms with E-state index < -0.39 is 11.8 Å². The number of nitrogens with zero attached hydrogens (tertiary/aromatic N) is 1. The second-order valence-electron chi connectivity index (χ2n) is 2.30. The molecule has 0 aliphatic carbocycles. The molecular formula is C8H7NO3. The van der Waals surface area contributed by atoms with Crippen LogP contribution in [0.25, 0.3) is 0 Å². The highest BCUT2D eigenvalue weighted by molar-refractivity contribution is 6.39. The third-order valence-corrected chi connectivity index (χ3v) is 1.32. The highest BCUT2D eigenvalue weighted by Gasteiger charge is 2.15. The number of hydrogen-bond donors (Lipinski definition) is 1. The number of carbonyl (C=O) groups is 2. The van der Waals surface area contributed by atoms with Gasteiger partial charge in [0.2, 0.25) is 0 Å². The SMILES string of the molecule is Cc1cccc(C(=O)C(=O)O)n1. The zero-order valence-electron chi connectivity index (χ0n) is 6.44. The fourth-order valence-electron chi connectivity index (χ4n) is 0.779. The van der Waals surface area contributed by atoms with E-state index in [2.05, 4.69) is 4.98 Å². The Balaban J connectivity index is 3.04. The van der Waals surface area contributed by atoms with Gasteiger partial charge >= 0.3 is 5.97 Å². The van der Waals surface area contributed by atoms with Gasteiger partial charge in [-0.25, -0.2) is 9.78 Å². The van der Waals surface area contributed by atoms with E-state index in [9.17, 15) is 9.59 Å². The predicted octanol–water partition coefficient (Wildman–Crippen LogP) is 0.657. The Morgan fingerprint density at radius 3 is 2.58 bits per heavy atom. The number of carboxylic acids is 1. The van der Waals surface area contributed by atoms with E-state index in [4.69, 9.17) is 5.11 Å². The molecular weight excluding hydrogens is 158 g/mol. The number of rotatable bonds is 2. The summed E-state index contributed by atoms with van der Waals surface area (Å²) in [4.78, 5) is 24.8. The standard InChI is InChI=1S/C8H7NO3/c1-5-3-2-4-6(9-5)7(10)8(11)12/h2-4H,1H3,(H,11,12). The molecule has 0 amide bonds. The van der Waals surface area contributed by atoms with Crippen molar-refractivity contribution in [1.82, 2.24) is 4.98 Å². The van der Waals surface area contributed by atoms with Gasteiger partial charge in [0.05, 0.1) is 0 Å². The van der Waals surface area contributed by atoms with Gasteiger partial charge in [-0.1, -0.05) is 6.07 Å². The van der Waals surface area contributed by atoms with E-state index in [0.717, 1.165) is 0 Å². The van der Waals surface area contributed by atoms with E-state index in [-0.39, 0.29) is 5.69 Å². The average Bonchev–Trinajstić information content (AvgIpc) is 2.03. The summed E-state index contributed by atoms with van der Waals surface area (Å²) in [5.74, 6) is -2.45. The largest absolute Gasteiger partial charge is 0.475 e. The van der Waals surface area contributed by atoms with Gasteiger partial charge in [-0.3, -0.25) is 4.79 Å². The smallest absolute Gasteiger partial charge is 0.378 e. The van der Waals surface area contributed by atoms with Gasteiger partial charge in [0, 0.05) is 5.69 Å². The van der Waals surface area contributed by atoms with Crippen LogP contribution in [0.15, 0.2) is 18.2 Å². The van der Waals surface area contributed by atoms with Gasteiger partial charge in [-0.05, 0) is 19.1 Å². The summed E-state index contributed by atoms with van der Waals surface area (Å²) >= 11 is 0. The number of carboxylic acid groups (broad SMARTS) is 1. The van der Waals surface area contributed by atoms with Crippen molar-refractivity contribution in [3.63, 3.8) is 0 Å². The number of carbonyl (C=O) groups excluding carboxylic acids is 1. The highest BCUT2D eigenvalue weighted by Crippen LogP contribution is 1.98. The third-order valence-electron chi connectivity index (χ3n) is 1.32. The Morgan fingerprint density at radius 2 is 2.08 bits per heavy atom. The first kappa shape index (κ1) is 8.39. The summed E-state index contributed by atoms with van der Waals surface area (Å²) in [5, 5.41) is 8.34. The van der Waals surface area contributed by atoms with Crippen LogP contribution in [-0.2, 0) is 4.79 Å². The molecule has 0 aromatic carbocycles. The molecule has 0 saturated heterocycles. The Bertz CT molecular complexity index is 333. The molecule has 1 heterocycles. The summed E-state index contributed by atoms with van der Waals surface area (Å²) in [6.07, 6.45) is 0. The quantitative estimate of drug-likeness (QED) is 0.516. The molecule has 0 atom stereocenters. The van der Waals surface area contributed by atoms with Crippen LogP contribution in [0.4, 0.5) is 0 Å². The molecule has 0 aliphatic heterocycles. The Kier molecular flexibility index (Phi) is 2.19. The number of Topliss-reactive ketones (excluding diaryl/α,β-unsaturated/α-hetero) is 1. The lowest BCUT2D eigenvalue weighted by Crippen LogP contribution is -2.14. The van der Waals surface area contributed by atoms with E-state index in [1.807, 2.05) is 0 Å². The molecule has 0 unspecified atom stereocenters. The van der Waals surface area contributed by atoms with Gasteiger partial charge in [0.25, 0.3) is 5.78 Å². The molecule has 0 aliphatic rings. The van der Waals surface area contributed by atoms with Crippen LogP contribution in [0.3, 0.4) is 0 Å². The summed E-state index contributed by atoms with van der Waals surface area (Å²) in [6.45, 7) is 1.69. The molecule has 62 valence electrons. The number of ketones is 1. The topological polar surface area (TPSA) is 67.3 Å². The molecule has 4 nitrogen and oxygen atoms in total. The zero-order valence-corrected chi connectivity index (χ0v) is 6.44. The number of hydrogen-bond acceptors (Lipinski definition) is 3. The van der Waals surface area contributed by atoms with Crippen molar-refractivity contribution in [2.24, 2.45) is 0 Å². The minimum Gasteiger partial charge on any atom is -0.475 e. The molecule has 1 aromatic heterocycles. The highest BCUT2D eigenvalue weighted by atomic mass is 16.4. The molecule has 1 aromatic rings. The predicted molar refractivity (Wildman–Crippen MR) is 40.9 cm³/mol. The minimum absolute atomic E-state index is 0.0255. The van der Waals surface area contributed by atoms with Gasteiger partial charge in [0.15, 0.2) is 0 Å². The van der Waals surface area contributed by atoms with E-state index in [1.165, 1.54) is 6.07 Å². The maximum atomic E-state index is 10.8. The summed E-state index contributed by atoms with van der Waals surface area (Å²) < 4.78 is 0. The summed E-state index contributed by atoms with van der Waals surface area (Å²) in [6, 6.07) is 4.67. The second kappa shape index (κ2) is 3.13. The van der Waals surface area contributed by atoms with Crippen LogP contribution >= 0.6 is 0 Å². The number of aryl methyl sites for hydroxylation is 1. The third kappa shape index (κ3) is 1.66. The van der Waals surface area contributed by atoms with Crippen LogP contribution in [-0.4, -0.2) is 21.8 Å². The second-order valence-corrected chi connectivity index (χ2v) is 2.30. The van der Waals surface area contributed by atoms with Crippen LogP contribution in [0.1, 0.15) is 16.2 Å². The maximum absolute atomic E-state index is 10.8. The molecule has 0 saturated carbocycles. The van der Waals surface area contributed by atoms with Crippen molar-refractivity contribution < 1.29 is 14.7 Å². The number of pyridine rings is 1. The van der Waals surface area contributed by atoms with Crippen LogP contribution < -0.4 is 0 Å². The normalized spacial score (nSPS) is 9.42. The van der Waals surface area contributed by atoms with Gasteiger partial charge in [-0.15, -0.1) is 0 Å². The maximum Gasteiger partial charge on any atom is 0.378 e. The molecule has 0 spiro atoms. The van der Waals surface area contributed by atoms with Crippen molar-refractivity contribution in [3.8, 4) is 0 Å². The van der Waals surface area contributed by atoms with E-state index >= 15 is 0 Å². The van der Waals surface area contributed by atoms with Crippen molar-refractivity contribution in [1.29, 1.82) is 0 Å². The van der Waals surface area contributed by atoms with E-state index in [0.29, 0.717) is 5.69 Å². The zero-order chi connectivity index (χ0) is 9.14. The van der Waals surface area contributed by atoms with E-state index in [1.54, 1.807) is 19.1 Å². The van der Waals surface area contributed by atoms with Crippen LogP contribution in [0.2, 0.25) is 0 Å². The van der Waals surface area contributed by atoms with Crippen molar-refractivity contribution >= 4 is 11.8 Å². The molecule has 12 heavy (non-hydrogen) atoms. The van der Waals surface area contributed by atoms with Gasteiger partial charge in [0.1, 0.15) is 5.69 Å². The summed E-state index contributed by atoms with van der Waals surface area (Å²) in [7, 11) is 0. The lowest BCUT2D eigenvalue weighted by molar-refractivity contribution is -0.131. The fourth-order valence-corrected chi connectivity index (χ4v) is 0.779. The number of aliphatic carboxylic acids is 1. The molecule has 0 fully saturated rings. The first-order valence-electron chi connectivity index (χ1n) is 3.32. The van der Waals surface area contributed by atoms with Crippen molar-refractivity contribution in [3.05, 3.63) is 29.6 Å². The number of aromatic nitrogens is 1. The molecule has 1 N–H and O–H groups in total. The fraction of sp³-hybridized carbons (Fsp3) is 0.125. The van der Waals surface area contributed by atoms with Gasteiger partial charge < -0.3 is 5.11 Å². The lowest BCUT2D eigenvalue weighted by atomic mass is 10.2. The van der Waals surface area contributed by atoms with Crippen LogP contribution in [0, 0.1) is 6.92 Å². The van der Waals surface area contributed by atoms with Crippen molar-refractivity contribution in [2.75, 3.05) is 0 Å². The Morgan fingerprint density at radius 1 is 1.42 bits per heavy atom. The molecule has 0 bridgehead atoms. The molecule has 0 radical (unpaired) electrons. The van der Waals surface area contributed by atoms with Crippen molar-refractivity contribution in [2.45, 2.75) is 6.92 Å². The monoisotopic (exact) mass is 165 g/mol. The Labute approximate surface area is 68.9 Å². The first-order chi connectivity index (χ1) is 5.61. The summed E-state index contributed by atoms with van der Waals surface area (Å²) in [5.41, 5.74) is 0.601. The average molecular weight is 165 g/mol. The first-order valence-corrected chi connectivity index (χ1v) is 3.32. The lowest BCUT2D eigenvalue weighted by Gasteiger charge is -1.95. The minimum atomic E-state index is -1.48.